The van der Waals surface area contributed by atoms with Crippen LogP contribution in [0.15, 0.2) is 57.9 Å². The second-order valence-corrected chi connectivity index (χ2v) is 5.81. The Morgan fingerprint density at radius 3 is 2.44 bits per heavy atom. The molecule has 0 aliphatic carbocycles. The zero-order chi connectivity index (χ0) is 12.8. The van der Waals surface area contributed by atoms with Gasteiger partial charge in [-0.3, -0.25) is 0 Å². The first-order chi connectivity index (χ1) is 8.79. The highest BCUT2D eigenvalue weighted by molar-refractivity contribution is 9.10. The minimum Gasteiger partial charge on any atom is -0.325 e. The van der Waals surface area contributed by atoms with Gasteiger partial charge in [-0.2, -0.15) is 0 Å². The van der Waals surface area contributed by atoms with Crippen LogP contribution in [0.3, 0.4) is 0 Å². The van der Waals surface area contributed by atoms with Crippen LogP contribution in [0, 0.1) is 0 Å². The summed E-state index contributed by atoms with van der Waals surface area (Å²) >= 11 is 5.16. The van der Waals surface area contributed by atoms with E-state index in [-0.39, 0.29) is 0 Å². The number of halogens is 1. The average molecular weight is 322 g/mol. The number of anilines is 1. The number of rotatable bonds is 5. The van der Waals surface area contributed by atoms with Crippen LogP contribution in [0.1, 0.15) is 18.9 Å². The summed E-state index contributed by atoms with van der Waals surface area (Å²) in [4.78, 5) is 1.23. The van der Waals surface area contributed by atoms with Gasteiger partial charge in [0, 0.05) is 9.37 Å². The van der Waals surface area contributed by atoms with E-state index >= 15 is 0 Å². The van der Waals surface area contributed by atoms with Crippen molar-refractivity contribution in [1.82, 2.24) is 0 Å². The molecule has 0 saturated carbocycles. The molecule has 0 amide bonds. The lowest BCUT2D eigenvalue weighted by atomic mass is 10.1. The smallest absolute Gasteiger partial charge is 0.0586 e. The second-order valence-electron chi connectivity index (χ2n) is 4.08. The highest BCUT2D eigenvalue weighted by atomic mass is 79.9. The standard InChI is InChI=1S/C15H16BrNS/c1-2-5-12-8-10-13(11-9-12)18-17-15-7-4-3-6-14(15)16/h3-4,6-11,17H,2,5H2,1H3. The highest BCUT2D eigenvalue weighted by Crippen LogP contribution is 2.27. The number of para-hydroxylation sites is 1. The van der Waals surface area contributed by atoms with Crippen LogP contribution in [0.5, 0.6) is 0 Å². The number of hydrogen-bond acceptors (Lipinski definition) is 2. The molecular formula is C15H16BrNS. The Bertz CT molecular complexity index is 496. The van der Waals surface area contributed by atoms with Crippen LogP contribution in [-0.4, -0.2) is 0 Å². The van der Waals surface area contributed by atoms with E-state index < -0.39 is 0 Å². The fraction of sp³-hybridized carbons (Fsp3) is 0.200. The van der Waals surface area contributed by atoms with Gasteiger partial charge in [-0.25, -0.2) is 0 Å². The summed E-state index contributed by atoms with van der Waals surface area (Å²) in [6, 6.07) is 16.9. The lowest BCUT2D eigenvalue weighted by Gasteiger charge is -2.07. The average Bonchev–Trinajstić information content (AvgIpc) is 2.40. The van der Waals surface area contributed by atoms with E-state index in [0.29, 0.717) is 0 Å². The minimum atomic E-state index is 1.08. The maximum Gasteiger partial charge on any atom is 0.0586 e. The molecule has 18 heavy (non-hydrogen) atoms. The van der Waals surface area contributed by atoms with Gasteiger partial charge in [0.25, 0.3) is 0 Å². The van der Waals surface area contributed by atoms with Gasteiger partial charge >= 0.3 is 0 Å². The zero-order valence-corrected chi connectivity index (χ0v) is 12.7. The molecule has 0 fully saturated rings. The molecule has 2 aromatic carbocycles. The van der Waals surface area contributed by atoms with Crippen molar-refractivity contribution in [2.45, 2.75) is 24.7 Å². The molecule has 0 aliphatic rings. The summed E-state index contributed by atoms with van der Waals surface area (Å²) in [5.41, 5.74) is 2.50. The summed E-state index contributed by atoms with van der Waals surface area (Å²) in [7, 11) is 0. The molecule has 0 heterocycles. The van der Waals surface area contributed by atoms with Crippen molar-refractivity contribution in [2.75, 3.05) is 4.72 Å². The normalized spacial score (nSPS) is 10.3. The Morgan fingerprint density at radius 2 is 1.78 bits per heavy atom. The third kappa shape index (κ3) is 3.79. The molecule has 0 aliphatic heterocycles. The van der Waals surface area contributed by atoms with Gasteiger partial charge in [-0.15, -0.1) is 0 Å². The van der Waals surface area contributed by atoms with Gasteiger partial charge in [0.05, 0.1) is 5.69 Å². The molecule has 0 unspecified atom stereocenters. The van der Waals surface area contributed by atoms with E-state index in [1.807, 2.05) is 18.2 Å². The third-order valence-corrected chi connectivity index (χ3v) is 4.14. The fourth-order valence-electron chi connectivity index (χ4n) is 1.67. The summed E-state index contributed by atoms with van der Waals surface area (Å²) in [5, 5.41) is 0. The molecule has 1 N–H and O–H groups in total. The predicted molar refractivity (Wildman–Crippen MR) is 84.1 cm³/mol. The molecule has 0 bridgehead atoms. The largest absolute Gasteiger partial charge is 0.325 e. The zero-order valence-electron chi connectivity index (χ0n) is 10.3. The lowest BCUT2D eigenvalue weighted by Crippen LogP contribution is -1.88. The Labute approximate surface area is 121 Å². The van der Waals surface area contributed by atoms with Gasteiger partial charge in [-0.05, 0) is 64.1 Å². The second kappa shape index (κ2) is 6.86. The van der Waals surface area contributed by atoms with Crippen molar-refractivity contribution in [2.24, 2.45) is 0 Å². The topological polar surface area (TPSA) is 12.0 Å². The Balaban J connectivity index is 1.96. The van der Waals surface area contributed by atoms with Crippen molar-refractivity contribution >= 4 is 33.6 Å². The first kappa shape index (κ1) is 13.5. The van der Waals surface area contributed by atoms with Crippen molar-refractivity contribution in [3.63, 3.8) is 0 Å². The Hall–Kier alpha value is -0.930. The van der Waals surface area contributed by atoms with E-state index in [1.165, 1.54) is 16.9 Å². The molecule has 3 heteroatoms. The van der Waals surface area contributed by atoms with Crippen LogP contribution in [0.25, 0.3) is 0 Å². The molecule has 2 aromatic rings. The van der Waals surface area contributed by atoms with E-state index in [0.717, 1.165) is 16.6 Å². The molecular weight excluding hydrogens is 306 g/mol. The highest BCUT2D eigenvalue weighted by Gasteiger charge is 1.99. The SMILES string of the molecule is CCCc1ccc(SNc2ccccc2Br)cc1. The number of hydrogen-bond donors (Lipinski definition) is 1. The minimum absolute atomic E-state index is 1.08. The van der Waals surface area contributed by atoms with Crippen LogP contribution < -0.4 is 4.72 Å². The summed E-state index contributed by atoms with van der Waals surface area (Å²) < 4.78 is 4.43. The van der Waals surface area contributed by atoms with E-state index in [2.05, 4.69) is 57.9 Å². The van der Waals surface area contributed by atoms with Gasteiger partial charge in [0.1, 0.15) is 0 Å². The fourth-order valence-corrected chi connectivity index (χ4v) is 2.86. The Morgan fingerprint density at radius 1 is 1.06 bits per heavy atom. The van der Waals surface area contributed by atoms with Crippen molar-refractivity contribution in [3.8, 4) is 0 Å². The Kier molecular flexibility index (Phi) is 5.14. The van der Waals surface area contributed by atoms with Crippen LogP contribution in [-0.2, 0) is 6.42 Å². The molecule has 0 spiro atoms. The maximum atomic E-state index is 3.53. The van der Waals surface area contributed by atoms with Crippen molar-refractivity contribution < 1.29 is 0 Å². The van der Waals surface area contributed by atoms with Gasteiger partial charge in [-0.1, -0.05) is 37.6 Å². The molecule has 0 radical (unpaired) electrons. The maximum absolute atomic E-state index is 3.53. The van der Waals surface area contributed by atoms with Crippen molar-refractivity contribution in [1.29, 1.82) is 0 Å². The van der Waals surface area contributed by atoms with E-state index in [9.17, 15) is 0 Å². The predicted octanol–water partition coefficient (Wildman–Crippen LogP) is 5.52. The van der Waals surface area contributed by atoms with E-state index in [1.54, 1.807) is 11.9 Å². The molecule has 2 rings (SSSR count). The summed E-state index contributed by atoms with van der Waals surface area (Å²) in [6.45, 7) is 2.21. The monoisotopic (exact) mass is 321 g/mol. The summed E-state index contributed by atoms with van der Waals surface area (Å²) in [5.74, 6) is 0. The molecule has 0 saturated heterocycles. The van der Waals surface area contributed by atoms with Crippen molar-refractivity contribution in [3.05, 3.63) is 58.6 Å². The van der Waals surface area contributed by atoms with Gasteiger partial charge in [0.15, 0.2) is 0 Å². The van der Waals surface area contributed by atoms with Gasteiger partial charge < -0.3 is 4.72 Å². The quantitative estimate of drug-likeness (QED) is 0.727. The third-order valence-electron chi connectivity index (χ3n) is 2.61. The number of aryl methyl sites for hydroxylation is 1. The van der Waals surface area contributed by atoms with Crippen LogP contribution in [0.2, 0.25) is 0 Å². The molecule has 1 nitrogen and oxygen atoms in total. The summed E-state index contributed by atoms with van der Waals surface area (Å²) in [6.07, 6.45) is 2.35. The van der Waals surface area contributed by atoms with Gasteiger partial charge in [0.2, 0.25) is 0 Å². The molecule has 0 atom stereocenters. The number of benzene rings is 2. The van der Waals surface area contributed by atoms with E-state index in [4.69, 9.17) is 0 Å². The molecule has 0 aromatic heterocycles. The van der Waals surface area contributed by atoms with Crippen LogP contribution in [0.4, 0.5) is 5.69 Å². The van der Waals surface area contributed by atoms with Crippen LogP contribution >= 0.6 is 27.9 Å². The lowest BCUT2D eigenvalue weighted by molar-refractivity contribution is 0.920. The first-order valence-corrected chi connectivity index (χ1v) is 7.67. The first-order valence-electron chi connectivity index (χ1n) is 6.06. The molecule has 94 valence electrons. The number of nitrogens with one attached hydrogen (secondary N) is 1.